The number of rotatable bonds is 4. The highest BCUT2D eigenvalue weighted by Gasteiger charge is 2.14. The number of fused-ring (bicyclic) bond motifs is 1. The van der Waals surface area contributed by atoms with Gasteiger partial charge < -0.3 is 9.52 Å². The van der Waals surface area contributed by atoms with Gasteiger partial charge >= 0.3 is 5.91 Å². The summed E-state index contributed by atoms with van der Waals surface area (Å²) >= 11 is 5.77. The minimum atomic E-state index is -0.611. The average molecular weight is 360 g/mol. The first-order valence-corrected chi connectivity index (χ1v) is 7.32. The van der Waals surface area contributed by atoms with Gasteiger partial charge in [-0.25, -0.2) is 5.43 Å². The number of carbonyl (C=O) groups excluding carboxylic acids is 1. The molecule has 1 heterocycles. The van der Waals surface area contributed by atoms with Crippen molar-refractivity contribution in [3.05, 3.63) is 68.9 Å². The van der Waals surface area contributed by atoms with E-state index in [1.165, 1.54) is 42.6 Å². The van der Waals surface area contributed by atoms with E-state index in [0.29, 0.717) is 16.5 Å². The van der Waals surface area contributed by atoms with Crippen LogP contribution in [-0.4, -0.2) is 22.2 Å². The lowest BCUT2D eigenvalue weighted by molar-refractivity contribution is -0.384. The van der Waals surface area contributed by atoms with Crippen molar-refractivity contribution in [1.82, 2.24) is 5.43 Å². The van der Waals surface area contributed by atoms with Crippen molar-refractivity contribution in [2.45, 2.75) is 0 Å². The predicted molar refractivity (Wildman–Crippen MR) is 91.0 cm³/mol. The molecule has 0 bridgehead atoms. The first-order chi connectivity index (χ1) is 11.9. The Hall–Kier alpha value is -3.39. The van der Waals surface area contributed by atoms with Crippen molar-refractivity contribution in [2.24, 2.45) is 5.10 Å². The zero-order chi connectivity index (χ0) is 18.0. The molecule has 0 aliphatic rings. The van der Waals surface area contributed by atoms with Crippen molar-refractivity contribution in [3.63, 3.8) is 0 Å². The summed E-state index contributed by atoms with van der Waals surface area (Å²) in [6.45, 7) is 0. The number of nitro groups is 1. The monoisotopic (exact) mass is 359 g/mol. The molecule has 1 aromatic heterocycles. The number of halogens is 1. The number of furan rings is 1. The highest BCUT2D eigenvalue weighted by atomic mass is 35.5. The molecule has 1 amide bonds. The van der Waals surface area contributed by atoms with Crippen molar-refractivity contribution in [1.29, 1.82) is 0 Å². The number of phenolic OH excluding ortho intramolecular Hbond substituents is 1. The Labute approximate surface area is 145 Å². The quantitative estimate of drug-likeness (QED) is 0.420. The first-order valence-electron chi connectivity index (χ1n) is 6.94. The largest absolute Gasteiger partial charge is 0.506 e. The number of nitrogens with one attached hydrogen (secondary N) is 1. The van der Waals surface area contributed by atoms with Crippen LogP contribution in [0.5, 0.6) is 5.75 Å². The van der Waals surface area contributed by atoms with E-state index in [1.54, 1.807) is 6.07 Å². The number of nitrogens with zero attached hydrogens (tertiary/aromatic N) is 2. The number of benzene rings is 2. The van der Waals surface area contributed by atoms with Crippen LogP contribution < -0.4 is 5.43 Å². The van der Waals surface area contributed by atoms with Gasteiger partial charge in [-0.05, 0) is 35.9 Å². The van der Waals surface area contributed by atoms with Gasteiger partial charge in [0, 0.05) is 17.5 Å². The standard InChI is InChI=1S/C16H10ClN3O5/c17-12-5-9(1-3-13(12)21)8-18-19-16(22)15-7-10-6-11(20(23)24)2-4-14(10)25-15/h1-8,21H,(H,19,22)/b18-8-. The molecule has 8 nitrogen and oxygen atoms in total. The molecule has 0 atom stereocenters. The van der Waals surface area contributed by atoms with Gasteiger partial charge in [0.05, 0.1) is 16.2 Å². The Bertz CT molecular complexity index is 1010. The summed E-state index contributed by atoms with van der Waals surface area (Å²) in [7, 11) is 0. The molecule has 0 unspecified atom stereocenters. The first kappa shape index (κ1) is 16.5. The molecule has 25 heavy (non-hydrogen) atoms. The van der Waals surface area contributed by atoms with Crippen LogP contribution in [0.2, 0.25) is 5.02 Å². The fraction of sp³-hybridized carbons (Fsp3) is 0. The molecular weight excluding hydrogens is 350 g/mol. The predicted octanol–water partition coefficient (Wildman–Crippen LogP) is 3.46. The Kier molecular flexibility index (Phi) is 4.36. The lowest BCUT2D eigenvalue weighted by Gasteiger charge is -1.98. The molecular formula is C16H10ClN3O5. The summed E-state index contributed by atoms with van der Waals surface area (Å²) in [6, 6.07) is 9.87. The van der Waals surface area contributed by atoms with E-state index in [-0.39, 0.29) is 22.2 Å². The number of non-ortho nitro benzene ring substituents is 1. The molecule has 2 aromatic carbocycles. The number of nitro benzene ring substituents is 1. The van der Waals surface area contributed by atoms with Crippen molar-refractivity contribution in [3.8, 4) is 5.75 Å². The smallest absolute Gasteiger partial charge is 0.307 e. The summed E-state index contributed by atoms with van der Waals surface area (Å²) < 4.78 is 5.34. The number of amides is 1. The maximum Gasteiger partial charge on any atom is 0.307 e. The number of aromatic hydroxyl groups is 1. The molecule has 126 valence electrons. The molecule has 0 saturated heterocycles. The maximum atomic E-state index is 12.0. The highest BCUT2D eigenvalue weighted by Crippen LogP contribution is 2.24. The van der Waals surface area contributed by atoms with Gasteiger partial charge in [-0.2, -0.15) is 5.10 Å². The number of hydrogen-bond donors (Lipinski definition) is 2. The van der Waals surface area contributed by atoms with Gasteiger partial charge in [-0.3, -0.25) is 14.9 Å². The summed E-state index contributed by atoms with van der Waals surface area (Å²) in [5.41, 5.74) is 3.11. The Morgan fingerprint density at radius 1 is 1.28 bits per heavy atom. The van der Waals surface area contributed by atoms with Crippen LogP contribution in [-0.2, 0) is 0 Å². The fourth-order valence-electron chi connectivity index (χ4n) is 2.08. The lowest BCUT2D eigenvalue weighted by Crippen LogP contribution is -2.16. The van der Waals surface area contributed by atoms with Crippen LogP contribution in [0.25, 0.3) is 11.0 Å². The van der Waals surface area contributed by atoms with Crippen molar-refractivity contribution in [2.75, 3.05) is 0 Å². The molecule has 3 rings (SSSR count). The number of hydrogen-bond acceptors (Lipinski definition) is 6. The summed E-state index contributed by atoms with van der Waals surface area (Å²) in [6.07, 6.45) is 1.34. The summed E-state index contributed by atoms with van der Waals surface area (Å²) in [5, 5.41) is 24.5. The van der Waals surface area contributed by atoms with E-state index < -0.39 is 10.8 Å². The summed E-state index contributed by atoms with van der Waals surface area (Å²) in [4.78, 5) is 22.3. The van der Waals surface area contributed by atoms with Crippen LogP contribution in [0.15, 0.2) is 52.0 Å². The molecule has 0 radical (unpaired) electrons. The van der Waals surface area contributed by atoms with Crippen LogP contribution in [0.1, 0.15) is 16.1 Å². The maximum absolute atomic E-state index is 12.0. The average Bonchev–Trinajstić information content (AvgIpc) is 3.01. The third-order valence-electron chi connectivity index (χ3n) is 3.29. The number of phenols is 1. The van der Waals surface area contributed by atoms with Crippen LogP contribution in [0.4, 0.5) is 5.69 Å². The van der Waals surface area contributed by atoms with E-state index in [4.69, 9.17) is 16.0 Å². The third-order valence-corrected chi connectivity index (χ3v) is 3.59. The van der Waals surface area contributed by atoms with Gasteiger partial charge in [-0.15, -0.1) is 0 Å². The van der Waals surface area contributed by atoms with Gasteiger partial charge in [0.2, 0.25) is 0 Å². The molecule has 0 aliphatic heterocycles. The second-order valence-corrected chi connectivity index (χ2v) is 5.41. The second-order valence-electron chi connectivity index (χ2n) is 5.00. The normalized spacial score (nSPS) is 11.1. The topological polar surface area (TPSA) is 118 Å². The fourth-order valence-corrected chi connectivity index (χ4v) is 2.27. The molecule has 9 heteroatoms. The SMILES string of the molecule is O=C(N/N=C\c1ccc(O)c(Cl)c1)c1cc2cc([N+](=O)[O-])ccc2o1. The van der Waals surface area contributed by atoms with Crippen molar-refractivity contribution < 1.29 is 19.2 Å². The minimum Gasteiger partial charge on any atom is -0.506 e. The van der Waals surface area contributed by atoms with Crippen LogP contribution in [0, 0.1) is 10.1 Å². The second kappa shape index (κ2) is 6.62. The highest BCUT2D eigenvalue weighted by molar-refractivity contribution is 6.32. The third kappa shape index (κ3) is 3.59. The van der Waals surface area contributed by atoms with Crippen LogP contribution >= 0.6 is 11.6 Å². The van der Waals surface area contributed by atoms with Gasteiger partial charge in [0.25, 0.3) is 5.69 Å². The Morgan fingerprint density at radius 3 is 2.80 bits per heavy atom. The van der Waals surface area contributed by atoms with E-state index in [2.05, 4.69) is 10.5 Å². The Balaban J connectivity index is 1.74. The van der Waals surface area contributed by atoms with Gasteiger partial charge in [0.15, 0.2) is 5.76 Å². The van der Waals surface area contributed by atoms with Crippen LogP contribution in [0.3, 0.4) is 0 Å². The lowest BCUT2D eigenvalue weighted by atomic mass is 10.2. The summed E-state index contributed by atoms with van der Waals surface area (Å²) in [5.74, 6) is -0.699. The molecule has 0 saturated carbocycles. The van der Waals surface area contributed by atoms with E-state index in [0.717, 1.165) is 0 Å². The molecule has 0 fully saturated rings. The van der Waals surface area contributed by atoms with Gasteiger partial charge in [-0.1, -0.05) is 11.6 Å². The van der Waals surface area contributed by atoms with E-state index in [1.807, 2.05) is 0 Å². The molecule has 2 N–H and O–H groups in total. The number of hydrazone groups is 1. The number of carbonyl (C=O) groups is 1. The molecule has 3 aromatic rings. The Morgan fingerprint density at radius 2 is 2.08 bits per heavy atom. The minimum absolute atomic E-state index is 0.0311. The van der Waals surface area contributed by atoms with Crippen molar-refractivity contribution >= 4 is 40.4 Å². The molecule has 0 aliphatic carbocycles. The molecule has 0 spiro atoms. The van der Waals surface area contributed by atoms with E-state index in [9.17, 15) is 20.0 Å². The zero-order valence-corrected chi connectivity index (χ0v) is 13.2. The van der Waals surface area contributed by atoms with E-state index >= 15 is 0 Å². The van der Waals surface area contributed by atoms with Gasteiger partial charge in [0.1, 0.15) is 11.3 Å². The zero-order valence-electron chi connectivity index (χ0n) is 12.5.